The summed E-state index contributed by atoms with van der Waals surface area (Å²) in [6.45, 7) is 1.19. The number of alkyl halides is 2. The molecule has 2 heterocycles. The van der Waals surface area contributed by atoms with Crippen LogP contribution >= 0.6 is 0 Å². The lowest BCUT2D eigenvalue weighted by atomic mass is 9.48. The summed E-state index contributed by atoms with van der Waals surface area (Å²) in [7, 11) is 0. The number of carbonyl (C=O) groups excluding carboxylic acids is 2. The number of hydrogen-bond acceptors (Lipinski definition) is 8. The largest absolute Gasteiger partial charge is 0.456 e. The highest BCUT2D eigenvalue weighted by Crippen LogP contribution is 2.63. The smallest absolute Gasteiger partial charge is 0.377 e. The summed E-state index contributed by atoms with van der Waals surface area (Å²) in [5, 5.41) is 0. The van der Waals surface area contributed by atoms with Crippen molar-refractivity contribution in [2.75, 3.05) is 13.2 Å². The van der Waals surface area contributed by atoms with E-state index >= 15 is 0 Å². The van der Waals surface area contributed by atoms with Crippen LogP contribution in [0.3, 0.4) is 0 Å². The molecule has 8 nitrogen and oxygen atoms in total. The maximum absolute atomic E-state index is 14.2. The van der Waals surface area contributed by atoms with Gasteiger partial charge in [-0.15, -0.1) is 0 Å². The van der Waals surface area contributed by atoms with E-state index in [4.69, 9.17) is 28.4 Å². The number of carbonyl (C=O) groups is 2. The first-order chi connectivity index (χ1) is 18.5. The van der Waals surface area contributed by atoms with E-state index in [0.29, 0.717) is 45.8 Å². The van der Waals surface area contributed by atoms with Crippen LogP contribution in [-0.4, -0.2) is 66.6 Å². The van der Waals surface area contributed by atoms with E-state index in [0.717, 1.165) is 57.8 Å². The fourth-order valence-electron chi connectivity index (χ4n) is 9.29. The number of halogens is 2. The second kappa shape index (κ2) is 9.07. The Morgan fingerprint density at radius 3 is 1.85 bits per heavy atom. The molecule has 10 heteroatoms. The highest BCUT2D eigenvalue weighted by Gasteiger charge is 2.65. The molecule has 0 aromatic heterocycles. The van der Waals surface area contributed by atoms with Crippen molar-refractivity contribution in [2.45, 2.75) is 138 Å². The molecule has 218 valence electrons. The quantitative estimate of drug-likeness (QED) is 0.433. The molecule has 6 saturated carbocycles. The van der Waals surface area contributed by atoms with Crippen molar-refractivity contribution < 1.29 is 46.8 Å². The van der Waals surface area contributed by atoms with Gasteiger partial charge in [-0.2, -0.15) is 8.78 Å². The average molecular weight is 555 g/mol. The lowest BCUT2D eigenvalue weighted by molar-refractivity contribution is -0.234. The third-order valence-electron chi connectivity index (χ3n) is 10.6. The van der Waals surface area contributed by atoms with Crippen LogP contribution in [-0.2, 0) is 38.0 Å². The van der Waals surface area contributed by atoms with Gasteiger partial charge in [-0.05, 0) is 69.6 Å². The van der Waals surface area contributed by atoms with E-state index in [9.17, 15) is 18.4 Å². The van der Waals surface area contributed by atoms with E-state index < -0.39 is 52.8 Å². The minimum absolute atomic E-state index is 0.135. The molecule has 4 atom stereocenters. The van der Waals surface area contributed by atoms with Gasteiger partial charge in [0.1, 0.15) is 17.8 Å². The Morgan fingerprint density at radius 1 is 0.846 bits per heavy atom. The molecule has 2 saturated heterocycles. The monoisotopic (exact) mass is 554 g/mol. The Kier molecular flexibility index (Phi) is 6.17. The number of hydrogen-bond donors (Lipinski definition) is 0. The second-order valence-electron chi connectivity index (χ2n) is 13.7. The van der Waals surface area contributed by atoms with Gasteiger partial charge in [-0.3, -0.25) is 4.79 Å². The lowest BCUT2D eigenvalue weighted by Gasteiger charge is -2.60. The van der Waals surface area contributed by atoms with Crippen molar-refractivity contribution in [3.63, 3.8) is 0 Å². The topological polar surface area (TPSA) is 89.5 Å². The molecule has 0 amide bonds. The van der Waals surface area contributed by atoms with Gasteiger partial charge in [0, 0.05) is 39.0 Å². The molecular weight excluding hydrogens is 514 g/mol. The summed E-state index contributed by atoms with van der Waals surface area (Å²) in [4.78, 5) is 26.4. The van der Waals surface area contributed by atoms with E-state index in [1.54, 1.807) is 0 Å². The molecule has 39 heavy (non-hydrogen) atoms. The molecule has 4 unspecified atom stereocenters. The van der Waals surface area contributed by atoms with Gasteiger partial charge in [-0.1, -0.05) is 0 Å². The molecule has 6 aliphatic carbocycles. The zero-order valence-corrected chi connectivity index (χ0v) is 22.7. The molecule has 8 rings (SSSR count). The van der Waals surface area contributed by atoms with Crippen LogP contribution in [0.4, 0.5) is 8.78 Å². The van der Waals surface area contributed by atoms with Crippen LogP contribution < -0.4 is 0 Å². The zero-order valence-electron chi connectivity index (χ0n) is 22.7. The Balaban J connectivity index is 1.13. The minimum Gasteiger partial charge on any atom is -0.456 e. The third-order valence-corrected chi connectivity index (χ3v) is 10.6. The van der Waals surface area contributed by atoms with Crippen molar-refractivity contribution in [3.05, 3.63) is 0 Å². The predicted octanol–water partition coefficient (Wildman–Crippen LogP) is 4.81. The normalized spacial score (nSPS) is 42.4. The molecule has 0 N–H and O–H groups in total. The van der Waals surface area contributed by atoms with Gasteiger partial charge in [0.25, 0.3) is 0 Å². The predicted molar refractivity (Wildman–Crippen MR) is 130 cm³/mol. The standard InChI is InChI=1S/C29H40F2O8/c1-25(30,31)23(32)39-27-13-18-10-19(14-27)12-26(11-18,17-27)24(33)36-22(20-15-34-28(37-20)6-2-3-7-28)21-16-35-29(38-21)8-4-5-9-29/h18-22H,2-17H2,1H3. The number of ether oxygens (including phenoxy) is 6. The maximum atomic E-state index is 14.2. The van der Waals surface area contributed by atoms with Gasteiger partial charge >= 0.3 is 17.9 Å². The molecular formula is C29H40F2O8. The molecule has 0 aromatic rings. The van der Waals surface area contributed by atoms with Crippen molar-refractivity contribution in [1.82, 2.24) is 0 Å². The summed E-state index contributed by atoms with van der Waals surface area (Å²) >= 11 is 0. The van der Waals surface area contributed by atoms with E-state index in [1.165, 1.54) is 0 Å². The van der Waals surface area contributed by atoms with Gasteiger partial charge in [0.05, 0.1) is 18.6 Å². The Bertz CT molecular complexity index is 950. The molecule has 4 bridgehead atoms. The van der Waals surface area contributed by atoms with Gasteiger partial charge < -0.3 is 28.4 Å². The van der Waals surface area contributed by atoms with Crippen molar-refractivity contribution in [2.24, 2.45) is 17.3 Å². The fraction of sp³-hybridized carbons (Fsp3) is 0.931. The fourth-order valence-corrected chi connectivity index (χ4v) is 9.29. The Hall–Kier alpha value is -1.36. The summed E-state index contributed by atoms with van der Waals surface area (Å²) in [5.74, 6) is -6.42. The SMILES string of the molecule is CC(F)(F)C(=O)OC12CC3CC(C1)CC(C(=O)OC(C1COC4(CCCC4)O1)C1COC4(CCCC4)O1)(C3)C2. The molecule has 0 radical (unpaired) electrons. The highest BCUT2D eigenvalue weighted by molar-refractivity contribution is 5.79. The summed E-state index contributed by atoms with van der Waals surface area (Å²) in [5.41, 5.74) is -1.92. The van der Waals surface area contributed by atoms with Crippen LogP contribution in [0, 0.1) is 17.3 Å². The molecule has 2 aliphatic heterocycles. The van der Waals surface area contributed by atoms with Crippen molar-refractivity contribution >= 4 is 11.9 Å². The van der Waals surface area contributed by atoms with Crippen LogP contribution in [0.25, 0.3) is 0 Å². The van der Waals surface area contributed by atoms with Gasteiger partial charge in [0.15, 0.2) is 17.7 Å². The first-order valence-corrected chi connectivity index (χ1v) is 15.0. The Labute approximate surface area is 227 Å². The van der Waals surface area contributed by atoms with E-state index in [-0.39, 0.29) is 24.2 Å². The van der Waals surface area contributed by atoms with Crippen molar-refractivity contribution in [3.8, 4) is 0 Å². The van der Waals surface area contributed by atoms with E-state index in [1.807, 2.05) is 0 Å². The second-order valence-corrected chi connectivity index (χ2v) is 13.7. The molecule has 0 aromatic carbocycles. The van der Waals surface area contributed by atoms with Crippen LogP contribution in [0.15, 0.2) is 0 Å². The van der Waals surface area contributed by atoms with Crippen LogP contribution in [0.5, 0.6) is 0 Å². The molecule has 8 fully saturated rings. The first-order valence-electron chi connectivity index (χ1n) is 15.0. The van der Waals surface area contributed by atoms with E-state index in [2.05, 4.69) is 0 Å². The summed E-state index contributed by atoms with van der Waals surface area (Å²) < 4.78 is 64.8. The highest BCUT2D eigenvalue weighted by atomic mass is 19.3. The Morgan fingerprint density at radius 2 is 1.36 bits per heavy atom. The third kappa shape index (κ3) is 4.61. The number of rotatable bonds is 6. The number of esters is 2. The van der Waals surface area contributed by atoms with Crippen LogP contribution in [0.2, 0.25) is 0 Å². The lowest BCUT2D eigenvalue weighted by Crippen LogP contribution is -2.61. The first kappa shape index (κ1) is 26.5. The summed E-state index contributed by atoms with van der Waals surface area (Å²) in [6, 6.07) is 0. The molecule has 8 aliphatic rings. The van der Waals surface area contributed by atoms with Gasteiger partial charge in [0.2, 0.25) is 0 Å². The molecule has 2 spiro atoms. The summed E-state index contributed by atoms with van der Waals surface area (Å²) in [6.07, 6.45) is 9.18. The minimum atomic E-state index is -3.58. The van der Waals surface area contributed by atoms with Crippen molar-refractivity contribution in [1.29, 1.82) is 0 Å². The van der Waals surface area contributed by atoms with Crippen LogP contribution in [0.1, 0.15) is 96.8 Å². The van der Waals surface area contributed by atoms with Gasteiger partial charge in [-0.25, -0.2) is 4.79 Å². The maximum Gasteiger partial charge on any atom is 0.377 e. The average Bonchev–Trinajstić information content (AvgIpc) is 3.67. The zero-order chi connectivity index (χ0) is 27.1.